The minimum Gasteiger partial charge on any atom is -0.468 e. The van der Waals surface area contributed by atoms with Crippen LogP contribution in [0.1, 0.15) is 11.5 Å². The molecule has 4 aromatic rings. The Labute approximate surface area is 170 Å². The highest BCUT2D eigenvalue weighted by Crippen LogP contribution is 2.26. The molecule has 0 spiro atoms. The van der Waals surface area contributed by atoms with Crippen LogP contribution in [0.2, 0.25) is 5.15 Å². The second-order valence-electron chi connectivity index (χ2n) is 5.79. The van der Waals surface area contributed by atoms with Gasteiger partial charge in [-0.25, -0.2) is 18.4 Å². The van der Waals surface area contributed by atoms with Gasteiger partial charge in [-0.05, 0) is 35.7 Å². The summed E-state index contributed by atoms with van der Waals surface area (Å²) < 4.78 is 38.4. The van der Waals surface area contributed by atoms with Crippen LogP contribution in [0.25, 0.3) is 10.8 Å². The summed E-state index contributed by atoms with van der Waals surface area (Å²) in [4.78, 5) is 9.19. The third-order valence-corrected chi connectivity index (χ3v) is 6.73. The number of thiophene rings is 1. The number of pyridine rings is 1. The first-order chi connectivity index (χ1) is 13.5. The molecule has 0 aliphatic rings. The van der Waals surface area contributed by atoms with E-state index in [9.17, 15) is 8.42 Å². The maximum Gasteiger partial charge on any atom is 0.245 e. The standard InChI is InChI=1S/C18H14ClN3O4S2/c19-17-6-5-15(9-20-17)28(23,24)22(11-14-3-1-7-25-14)10-13-12-26-18(21-13)16-4-2-8-27-16/h1-9,12H,10-11H2. The molecule has 4 heterocycles. The normalized spacial score (nSPS) is 11.9. The number of nitrogens with zero attached hydrogens (tertiary/aromatic N) is 3. The van der Waals surface area contributed by atoms with Crippen molar-refractivity contribution < 1.29 is 17.3 Å². The van der Waals surface area contributed by atoms with E-state index < -0.39 is 10.0 Å². The quantitative estimate of drug-likeness (QED) is 0.399. The second-order valence-corrected chi connectivity index (χ2v) is 9.06. The average Bonchev–Trinajstić information content (AvgIpc) is 3.44. The Balaban J connectivity index is 1.65. The van der Waals surface area contributed by atoms with Crippen molar-refractivity contribution in [2.75, 3.05) is 0 Å². The molecule has 0 atom stereocenters. The van der Waals surface area contributed by atoms with Crippen molar-refractivity contribution in [1.82, 2.24) is 14.3 Å². The lowest BCUT2D eigenvalue weighted by atomic mass is 10.4. The average molecular weight is 436 g/mol. The number of oxazole rings is 1. The van der Waals surface area contributed by atoms with Gasteiger partial charge in [0.1, 0.15) is 22.1 Å². The van der Waals surface area contributed by atoms with Crippen molar-refractivity contribution >= 4 is 33.0 Å². The summed E-state index contributed by atoms with van der Waals surface area (Å²) in [5, 5.41) is 2.13. The third kappa shape index (κ3) is 4.02. The van der Waals surface area contributed by atoms with Crippen LogP contribution < -0.4 is 0 Å². The molecule has 0 saturated heterocycles. The van der Waals surface area contributed by atoms with Gasteiger partial charge in [0, 0.05) is 6.20 Å². The minimum atomic E-state index is -3.86. The highest BCUT2D eigenvalue weighted by atomic mass is 35.5. The fourth-order valence-corrected chi connectivity index (χ4v) is 4.63. The van der Waals surface area contributed by atoms with E-state index in [-0.39, 0.29) is 23.1 Å². The Morgan fingerprint density at radius 2 is 2.00 bits per heavy atom. The first-order valence-corrected chi connectivity index (χ1v) is 10.8. The Kier molecular flexibility index (Phi) is 5.31. The number of rotatable bonds is 7. The van der Waals surface area contributed by atoms with Gasteiger partial charge in [0.25, 0.3) is 0 Å². The van der Waals surface area contributed by atoms with Gasteiger partial charge in [-0.3, -0.25) is 0 Å². The summed E-state index contributed by atoms with van der Waals surface area (Å²) in [7, 11) is -3.86. The molecular formula is C18H14ClN3O4S2. The number of hydrogen-bond donors (Lipinski definition) is 0. The molecule has 0 aliphatic carbocycles. The highest BCUT2D eigenvalue weighted by Gasteiger charge is 2.27. The van der Waals surface area contributed by atoms with Crippen molar-refractivity contribution in [3.63, 3.8) is 0 Å². The largest absolute Gasteiger partial charge is 0.468 e. The van der Waals surface area contributed by atoms with E-state index in [4.69, 9.17) is 20.4 Å². The number of sulfonamides is 1. The van der Waals surface area contributed by atoms with E-state index in [1.165, 1.54) is 46.5 Å². The van der Waals surface area contributed by atoms with Gasteiger partial charge in [0.15, 0.2) is 0 Å². The molecule has 0 aliphatic heterocycles. The predicted molar refractivity (Wildman–Crippen MR) is 104 cm³/mol. The smallest absolute Gasteiger partial charge is 0.245 e. The van der Waals surface area contributed by atoms with Gasteiger partial charge in [-0.2, -0.15) is 4.31 Å². The molecule has 0 unspecified atom stereocenters. The molecule has 0 radical (unpaired) electrons. The summed E-state index contributed by atoms with van der Waals surface area (Å²) in [6.07, 6.45) is 4.18. The van der Waals surface area contributed by atoms with Gasteiger partial charge >= 0.3 is 0 Å². The molecule has 144 valence electrons. The van der Waals surface area contributed by atoms with Gasteiger partial charge in [0.2, 0.25) is 15.9 Å². The zero-order chi connectivity index (χ0) is 19.6. The number of furan rings is 1. The molecule has 10 heteroatoms. The lowest BCUT2D eigenvalue weighted by Crippen LogP contribution is -2.30. The maximum atomic E-state index is 13.2. The van der Waals surface area contributed by atoms with Crippen LogP contribution in [0.3, 0.4) is 0 Å². The second kappa shape index (κ2) is 7.88. The molecule has 7 nitrogen and oxygen atoms in total. The highest BCUT2D eigenvalue weighted by molar-refractivity contribution is 7.89. The molecular weight excluding hydrogens is 422 g/mol. The van der Waals surface area contributed by atoms with Crippen molar-refractivity contribution in [3.8, 4) is 10.8 Å². The zero-order valence-electron chi connectivity index (χ0n) is 14.4. The molecule has 28 heavy (non-hydrogen) atoms. The molecule has 4 aromatic heterocycles. The molecule has 4 rings (SSSR count). The zero-order valence-corrected chi connectivity index (χ0v) is 16.7. The van der Waals surface area contributed by atoms with E-state index in [2.05, 4.69) is 9.97 Å². The Morgan fingerprint density at radius 3 is 2.68 bits per heavy atom. The van der Waals surface area contributed by atoms with Crippen LogP contribution in [0.4, 0.5) is 0 Å². The van der Waals surface area contributed by atoms with Gasteiger partial charge < -0.3 is 8.83 Å². The summed E-state index contributed by atoms with van der Waals surface area (Å²) >= 11 is 7.27. The van der Waals surface area contributed by atoms with Crippen LogP contribution in [-0.4, -0.2) is 22.7 Å². The first-order valence-electron chi connectivity index (χ1n) is 8.15. The van der Waals surface area contributed by atoms with Crippen LogP contribution in [0, 0.1) is 0 Å². The van der Waals surface area contributed by atoms with Gasteiger partial charge in [-0.15, -0.1) is 11.3 Å². The molecule has 0 N–H and O–H groups in total. The maximum absolute atomic E-state index is 13.2. The van der Waals surface area contributed by atoms with E-state index >= 15 is 0 Å². The van der Waals surface area contributed by atoms with E-state index in [0.717, 1.165) is 4.88 Å². The Hall–Kier alpha value is -2.46. The lowest BCUT2D eigenvalue weighted by molar-refractivity contribution is 0.355. The van der Waals surface area contributed by atoms with Crippen LogP contribution in [0.15, 0.2) is 74.2 Å². The van der Waals surface area contributed by atoms with Crippen LogP contribution in [-0.2, 0) is 23.1 Å². The topological polar surface area (TPSA) is 89.4 Å². The summed E-state index contributed by atoms with van der Waals surface area (Å²) in [6.45, 7) is 0.0552. The molecule has 0 bridgehead atoms. The monoisotopic (exact) mass is 435 g/mol. The Bertz CT molecular complexity index is 1140. The van der Waals surface area contributed by atoms with Crippen molar-refractivity contribution in [2.45, 2.75) is 18.0 Å². The first kappa shape index (κ1) is 18.9. The van der Waals surface area contributed by atoms with E-state index in [1.54, 1.807) is 12.1 Å². The fourth-order valence-electron chi connectivity index (χ4n) is 2.54. The fraction of sp³-hybridized carbons (Fsp3) is 0.111. The molecule has 0 fully saturated rings. The number of aromatic nitrogens is 2. The number of halogens is 1. The minimum absolute atomic E-state index is 0.0144. The summed E-state index contributed by atoms with van der Waals surface area (Å²) in [5.41, 5.74) is 0.487. The third-order valence-electron chi connectivity index (χ3n) is 3.87. The van der Waals surface area contributed by atoms with Crippen molar-refractivity contribution in [1.29, 1.82) is 0 Å². The molecule has 0 aromatic carbocycles. The van der Waals surface area contributed by atoms with Gasteiger partial charge in [-0.1, -0.05) is 17.7 Å². The summed E-state index contributed by atoms with van der Waals surface area (Å²) in [5.74, 6) is 0.959. The van der Waals surface area contributed by atoms with Crippen molar-refractivity contribution in [3.05, 3.63) is 77.1 Å². The van der Waals surface area contributed by atoms with Gasteiger partial charge in [0.05, 0.1) is 29.9 Å². The van der Waals surface area contributed by atoms with E-state index in [1.807, 2.05) is 17.5 Å². The van der Waals surface area contributed by atoms with Crippen LogP contribution in [0.5, 0.6) is 0 Å². The summed E-state index contributed by atoms with van der Waals surface area (Å²) in [6, 6.07) is 10.0. The molecule has 0 saturated carbocycles. The molecule has 0 amide bonds. The predicted octanol–water partition coefficient (Wildman–Crippen LogP) is 4.44. The SMILES string of the molecule is O=S(=O)(c1ccc(Cl)nc1)N(Cc1coc(-c2cccs2)n1)Cc1ccco1. The van der Waals surface area contributed by atoms with Crippen molar-refractivity contribution in [2.24, 2.45) is 0 Å². The van der Waals surface area contributed by atoms with E-state index in [0.29, 0.717) is 17.3 Å². The van der Waals surface area contributed by atoms with Crippen LogP contribution >= 0.6 is 22.9 Å². The lowest BCUT2D eigenvalue weighted by Gasteiger charge is -2.20. The number of hydrogen-bond acceptors (Lipinski definition) is 7. The Morgan fingerprint density at radius 1 is 1.11 bits per heavy atom.